The number of nitrogens with one attached hydrogen (secondary N) is 1. The molecule has 0 bridgehead atoms. The molecule has 4 rings (SSSR count). The second kappa shape index (κ2) is 7.07. The molecule has 2 aliphatic rings. The normalized spacial score (nSPS) is 21.7. The number of fused-ring (bicyclic) bond motifs is 1. The van der Waals surface area contributed by atoms with Crippen molar-refractivity contribution < 1.29 is 9.59 Å². The Morgan fingerprint density at radius 1 is 1.19 bits per heavy atom. The predicted octanol–water partition coefficient (Wildman–Crippen LogP) is 0.870. The van der Waals surface area contributed by atoms with Crippen molar-refractivity contribution in [3.8, 4) is 0 Å². The summed E-state index contributed by atoms with van der Waals surface area (Å²) in [4.78, 5) is 38.4. The number of likely N-dealkylation sites (tertiary alicyclic amines) is 1. The van der Waals surface area contributed by atoms with Crippen LogP contribution in [-0.2, 0) is 16.0 Å². The molecule has 0 saturated carbocycles. The van der Waals surface area contributed by atoms with E-state index in [0.29, 0.717) is 25.9 Å². The van der Waals surface area contributed by atoms with Crippen molar-refractivity contribution in [3.63, 3.8) is 0 Å². The van der Waals surface area contributed by atoms with E-state index in [2.05, 4.69) is 14.9 Å². The minimum absolute atomic E-state index is 0.00722. The van der Waals surface area contributed by atoms with Gasteiger partial charge in [-0.25, -0.2) is 4.98 Å². The van der Waals surface area contributed by atoms with Crippen LogP contribution in [-0.4, -0.2) is 82.3 Å². The van der Waals surface area contributed by atoms with Crippen molar-refractivity contribution in [1.82, 2.24) is 24.7 Å². The lowest BCUT2D eigenvalue weighted by atomic mass is 10.1. The van der Waals surface area contributed by atoms with E-state index in [4.69, 9.17) is 0 Å². The number of aromatic nitrogens is 2. The van der Waals surface area contributed by atoms with Gasteiger partial charge in [0.15, 0.2) is 0 Å². The maximum Gasteiger partial charge on any atom is 0.239 e. The number of piperazine rings is 1. The zero-order chi connectivity index (χ0) is 18.1. The second-order valence-corrected chi connectivity index (χ2v) is 7.18. The van der Waals surface area contributed by atoms with Crippen LogP contribution in [0.3, 0.4) is 0 Å². The number of aromatic amines is 1. The first-order valence-electron chi connectivity index (χ1n) is 9.32. The largest absolute Gasteiger partial charge is 0.344 e. The monoisotopic (exact) mass is 355 g/mol. The number of imidazole rings is 1. The van der Waals surface area contributed by atoms with Crippen LogP contribution >= 0.6 is 0 Å². The highest BCUT2D eigenvalue weighted by atomic mass is 16.2. The third-order valence-electron chi connectivity index (χ3n) is 5.52. The van der Waals surface area contributed by atoms with Gasteiger partial charge in [0, 0.05) is 52.6 Å². The highest BCUT2D eigenvalue weighted by Gasteiger charge is 2.35. The van der Waals surface area contributed by atoms with Gasteiger partial charge in [-0.2, -0.15) is 0 Å². The minimum atomic E-state index is 0.00722. The number of benzene rings is 1. The maximum absolute atomic E-state index is 12.5. The number of para-hydroxylation sites is 2. The number of amides is 2. The molecule has 7 nitrogen and oxygen atoms in total. The molecule has 1 unspecified atom stereocenters. The van der Waals surface area contributed by atoms with Crippen LogP contribution in [0.2, 0.25) is 0 Å². The van der Waals surface area contributed by atoms with E-state index in [9.17, 15) is 9.59 Å². The van der Waals surface area contributed by atoms with Crippen LogP contribution in [0.1, 0.15) is 18.7 Å². The van der Waals surface area contributed by atoms with E-state index in [1.807, 2.05) is 36.2 Å². The average Bonchev–Trinajstić information content (AvgIpc) is 3.23. The summed E-state index contributed by atoms with van der Waals surface area (Å²) in [6.07, 6.45) is 1.99. The molecular formula is C19H25N5O2. The molecule has 1 atom stereocenters. The quantitative estimate of drug-likeness (QED) is 0.883. The number of carbonyl (C=O) groups is 2. The van der Waals surface area contributed by atoms with Crippen molar-refractivity contribution in [2.45, 2.75) is 25.3 Å². The molecule has 2 amide bonds. The zero-order valence-corrected chi connectivity index (χ0v) is 15.1. The summed E-state index contributed by atoms with van der Waals surface area (Å²) in [6.45, 7) is 3.79. The lowest BCUT2D eigenvalue weighted by Crippen LogP contribution is -2.53. The fraction of sp³-hybridized carbons (Fsp3) is 0.526. The van der Waals surface area contributed by atoms with Crippen molar-refractivity contribution >= 4 is 22.8 Å². The number of nitrogens with zero attached hydrogens (tertiary/aromatic N) is 4. The smallest absolute Gasteiger partial charge is 0.239 e. The number of rotatable bonds is 4. The topological polar surface area (TPSA) is 72.5 Å². The lowest BCUT2D eigenvalue weighted by Gasteiger charge is -2.37. The zero-order valence-electron chi connectivity index (χ0n) is 15.1. The summed E-state index contributed by atoms with van der Waals surface area (Å²) in [5, 5.41) is 0. The Kier molecular flexibility index (Phi) is 4.63. The van der Waals surface area contributed by atoms with Crippen LogP contribution in [0, 0.1) is 0 Å². The molecule has 2 aliphatic heterocycles. The van der Waals surface area contributed by atoms with Crippen molar-refractivity contribution in [3.05, 3.63) is 30.1 Å². The van der Waals surface area contributed by atoms with Gasteiger partial charge >= 0.3 is 0 Å². The van der Waals surface area contributed by atoms with Crippen LogP contribution in [0.15, 0.2) is 24.3 Å². The molecule has 2 aromatic rings. The molecule has 1 aromatic carbocycles. The van der Waals surface area contributed by atoms with Gasteiger partial charge in [0.05, 0.1) is 17.1 Å². The number of hydrogen-bond donors (Lipinski definition) is 1. The van der Waals surface area contributed by atoms with Crippen molar-refractivity contribution in [2.75, 3.05) is 39.8 Å². The SMILES string of the molecule is CN1CCC(N2CCN(C(=O)CCc3nc4ccccc4[nH]3)CC2)C1=O. The number of hydrogen-bond acceptors (Lipinski definition) is 4. The Morgan fingerprint density at radius 2 is 1.96 bits per heavy atom. The van der Waals surface area contributed by atoms with Gasteiger partial charge in [-0.15, -0.1) is 0 Å². The lowest BCUT2D eigenvalue weighted by molar-refractivity contribution is -0.135. The third kappa shape index (κ3) is 3.31. The van der Waals surface area contributed by atoms with E-state index >= 15 is 0 Å². The highest BCUT2D eigenvalue weighted by molar-refractivity contribution is 5.83. The molecule has 26 heavy (non-hydrogen) atoms. The Balaban J connectivity index is 1.27. The maximum atomic E-state index is 12.5. The first kappa shape index (κ1) is 17.0. The van der Waals surface area contributed by atoms with E-state index < -0.39 is 0 Å². The Hall–Kier alpha value is -2.41. The summed E-state index contributed by atoms with van der Waals surface area (Å²) in [5.74, 6) is 1.24. The summed E-state index contributed by atoms with van der Waals surface area (Å²) in [6, 6.07) is 7.91. The van der Waals surface area contributed by atoms with Gasteiger partial charge in [-0.3, -0.25) is 14.5 Å². The van der Waals surface area contributed by atoms with Crippen LogP contribution in [0.4, 0.5) is 0 Å². The van der Waals surface area contributed by atoms with E-state index in [0.717, 1.165) is 42.9 Å². The Morgan fingerprint density at radius 3 is 2.65 bits per heavy atom. The van der Waals surface area contributed by atoms with Crippen molar-refractivity contribution in [2.24, 2.45) is 0 Å². The standard InChI is InChI=1S/C19H25N5O2/c1-22-9-8-16(19(22)26)23-10-12-24(13-11-23)18(25)7-6-17-20-14-4-2-3-5-15(14)21-17/h2-5,16H,6-13H2,1H3,(H,20,21). The summed E-state index contributed by atoms with van der Waals surface area (Å²) in [5.41, 5.74) is 1.95. The first-order valence-corrected chi connectivity index (χ1v) is 9.32. The number of likely N-dealkylation sites (N-methyl/N-ethyl adjacent to an activating group) is 1. The summed E-state index contributed by atoms with van der Waals surface area (Å²) in [7, 11) is 1.86. The molecule has 0 aliphatic carbocycles. The van der Waals surface area contributed by atoms with Gasteiger partial charge in [0.1, 0.15) is 5.82 Å². The van der Waals surface area contributed by atoms with E-state index in [-0.39, 0.29) is 17.9 Å². The number of aryl methyl sites for hydroxylation is 1. The molecule has 1 aromatic heterocycles. The van der Waals surface area contributed by atoms with Gasteiger partial charge in [-0.05, 0) is 18.6 Å². The number of carbonyl (C=O) groups excluding carboxylic acids is 2. The molecule has 2 fully saturated rings. The van der Waals surface area contributed by atoms with Crippen molar-refractivity contribution in [1.29, 1.82) is 0 Å². The molecule has 0 spiro atoms. The molecule has 0 radical (unpaired) electrons. The number of H-pyrrole nitrogens is 1. The van der Waals surface area contributed by atoms with Gasteiger partial charge in [0.25, 0.3) is 0 Å². The minimum Gasteiger partial charge on any atom is -0.344 e. The third-order valence-corrected chi connectivity index (χ3v) is 5.52. The van der Waals surface area contributed by atoms with Crippen LogP contribution in [0.25, 0.3) is 11.0 Å². The summed E-state index contributed by atoms with van der Waals surface area (Å²) >= 11 is 0. The molecule has 3 heterocycles. The second-order valence-electron chi connectivity index (χ2n) is 7.18. The predicted molar refractivity (Wildman–Crippen MR) is 98.6 cm³/mol. The van der Waals surface area contributed by atoms with Crippen LogP contribution in [0.5, 0.6) is 0 Å². The van der Waals surface area contributed by atoms with E-state index in [1.165, 1.54) is 0 Å². The first-order chi connectivity index (χ1) is 12.6. The molecule has 1 N–H and O–H groups in total. The Bertz CT molecular complexity index is 776. The molecule has 138 valence electrons. The van der Waals surface area contributed by atoms with Gasteiger partial charge in [-0.1, -0.05) is 12.1 Å². The fourth-order valence-electron chi connectivity index (χ4n) is 3.93. The molecule has 2 saturated heterocycles. The Labute approximate surface area is 153 Å². The highest BCUT2D eigenvalue weighted by Crippen LogP contribution is 2.18. The average molecular weight is 355 g/mol. The fourth-order valence-corrected chi connectivity index (χ4v) is 3.93. The molecule has 7 heteroatoms. The summed E-state index contributed by atoms with van der Waals surface area (Å²) < 4.78 is 0. The van der Waals surface area contributed by atoms with Gasteiger partial charge < -0.3 is 14.8 Å². The van der Waals surface area contributed by atoms with E-state index in [1.54, 1.807) is 4.90 Å². The van der Waals surface area contributed by atoms with Crippen LogP contribution < -0.4 is 0 Å². The van der Waals surface area contributed by atoms with Gasteiger partial charge in [0.2, 0.25) is 11.8 Å². The molecular weight excluding hydrogens is 330 g/mol.